The van der Waals surface area contributed by atoms with Crippen LogP contribution in [0.25, 0.3) is 0 Å². The van der Waals surface area contributed by atoms with E-state index in [2.05, 4.69) is 15.3 Å². The number of aromatic amines is 2. The Hall–Kier alpha value is -1.89. The van der Waals surface area contributed by atoms with Crippen LogP contribution < -0.4 is 16.6 Å². The number of carbonyl (C=O) groups excluding carboxylic acids is 1. The zero-order valence-electron chi connectivity index (χ0n) is 12.7. The van der Waals surface area contributed by atoms with Crippen LogP contribution in [-0.2, 0) is 11.2 Å². The summed E-state index contributed by atoms with van der Waals surface area (Å²) in [6, 6.07) is -0.271. The first-order valence-electron chi connectivity index (χ1n) is 7.05. The SMILES string of the molecule is Cc1[nH]c(=O)[nH]c(=O)c1CCC(=O)NC(CO)CC(C)C. The summed E-state index contributed by atoms with van der Waals surface area (Å²) >= 11 is 0. The maximum absolute atomic E-state index is 11.9. The Bertz CT molecular complexity index is 589. The predicted molar refractivity (Wildman–Crippen MR) is 79.2 cm³/mol. The molecule has 0 saturated carbocycles. The molecule has 0 fully saturated rings. The molecule has 0 aliphatic rings. The van der Waals surface area contributed by atoms with Gasteiger partial charge in [0, 0.05) is 17.7 Å². The number of aryl methyl sites for hydroxylation is 1. The van der Waals surface area contributed by atoms with Crippen LogP contribution in [0.2, 0.25) is 0 Å². The maximum Gasteiger partial charge on any atom is 0.325 e. The lowest BCUT2D eigenvalue weighted by molar-refractivity contribution is -0.122. The van der Waals surface area contributed by atoms with E-state index < -0.39 is 11.2 Å². The molecule has 1 aromatic heterocycles. The number of aromatic nitrogens is 2. The molecule has 0 aromatic carbocycles. The molecule has 7 heteroatoms. The van der Waals surface area contributed by atoms with Crippen molar-refractivity contribution < 1.29 is 9.90 Å². The molecule has 1 atom stereocenters. The van der Waals surface area contributed by atoms with Crippen molar-refractivity contribution in [3.8, 4) is 0 Å². The van der Waals surface area contributed by atoms with Gasteiger partial charge in [0.15, 0.2) is 0 Å². The van der Waals surface area contributed by atoms with Crippen molar-refractivity contribution in [2.45, 2.75) is 46.1 Å². The van der Waals surface area contributed by atoms with E-state index in [4.69, 9.17) is 0 Å². The van der Waals surface area contributed by atoms with Gasteiger partial charge in [-0.15, -0.1) is 0 Å². The van der Waals surface area contributed by atoms with Crippen LogP contribution in [-0.4, -0.2) is 33.6 Å². The Kier molecular flexibility index (Phi) is 6.36. The second kappa shape index (κ2) is 7.78. The molecule has 1 heterocycles. The minimum atomic E-state index is -0.553. The number of hydrogen-bond acceptors (Lipinski definition) is 4. The molecule has 7 nitrogen and oxygen atoms in total. The van der Waals surface area contributed by atoms with Crippen molar-refractivity contribution in [1.29, 1.82) is 0 Å². The van der Waals surface area contributed by atoms with Crippen LogP contribution in [0.5, 0.6) is 0 Å². The molecular formula is C14H23N3O4. The largest absolute Gasteiger partial charge is 0.394 e. The first kappa shape index (κ1) is 17.2. The van der Waals surface area contributed by atoms with Crippen molar-refractivity contribution in [3.05, 3.63) is 32.1 Å². The standard InChI is InChI=1S/C14H23N3O4/c1-8(2)6-10(7-18)16-12(19)5-4-11-9(3)15-14(21)17-13(11)20/h8,10,18H,4-7H2,1-3H3,(H,16,19)(H2,15,17,20,21). The van der Waals surface area contributed by atoms with Crippen LogP contribution >= 0.6 is 0 Å². The zero-order valence-corrected chi connectivity index (χ0v) is 12.7. The van der Waals surface area contributed by atoms with Gasteiger partial charge < -0.3 is 15.4 Å². The van der Waals surface area contributed by atoms with Crippen LogP contribution in [0.3, 0.4) is 0 Å². The third kappa shape index (κ3) is 5.55. The average Bonchev–Trinajstić information content (AvgIpc) is 2.35. The summed E-state index contributed by atoms with van der Waals surface area (Å²) in [4.78, 5) is 39.2. The molecule has 1 aromatic rings. The number of aliphatic hydroxyl groups excluding tert-OH is 1. The van der Waals surface area contributed by atoms with Crippen LogP contribution in [0.1, 0.15) is 37.9 Å². The van der Waals surface area contributed by atoms with Gasteiger partial charge in [-0.2, -0.15) is 0 Å². The van der Waals surface area contributed by atoms with Crippen molar-refractivity contribution in [3.63, 3.8) is 0 Å². The lowest BCUT2D eigenvalue weighted by atomic mass is 10.0. The number of aliphatic hydroxyl groups is 1. The monoisotopic (exact) mass is 297 g/mol. The minimum absolute atomic E-state index is 0.109. The van der Waals surface area contributed by atoms with Gasteiger partial charge in [0.1, 0.15) is 0 Å². The van der Waals surface area contributed by atoms with Gasteiger partial charge in [-0.3, -0.25) is 14.6 Å². The summed E-state index contributed by atoms with van der Waals surface area (Å²) in [5.41, 5.74) is -0.153. The van der Waals surface area contributed by atoms with E-state index in [1.807, 2.05) is 13.8 Å². The second-order valence-electron chi connectivity index (χ2n) is 5.59. The van der Waals surface area contributed by atoms with Crippen molar-refractivity contribution >= 4 is 5.91 Å². The minimum Gasteiger partial charge on any atom is -0.394 e. The van der Waals surface area contributed by atoms with Gasteiger partial charge in [-0.25, -0.2) is 4.79 Å². The molecule has 0 bridgehead atoms. The summed E-state index contributed by atoms with van der Waals surface area (Å²) in [7, 11) is 0. The fourth-order valence-corrected chi connectivity index (χ4v) is 2.21. The average molecular weight is 297 g/mol. The number of hydrogen-bond donors (Lipinski definition) is 4. The van der Waals surface area contributed by atoms with E-state index in [1.54, 1.807) is 6.92 Å². The maximum atomic E-state index is 11.9. The Morgan fingerprint density at radius 1 is 1.29 bits per heavy atom. The molecule has 0 spiro atoms. The molecule has 21 heavy (non-hydrogen) atoms. The van der Waals surface area contributed by atoms with Crippen LogP contribution in [0, 0.1) is 12.8 Å². The zero-order chi connectivity index (χ0) is 16.0. The fourth-order valence-electron chi connectivity index (χ4n) is 2.21. The second-order valence-corrected chi connectivity index (χ2v) is 5.59. The van der Waals surface area contributed by atoms with Crippen LogP contribution in [0.4, 0.5) is 0 Å². The van der Waals surface area contributed by atoms with Gasteiger partial charge >= 0.3 is 5.69 Å². The summed E-state index contributed by atoms with van der Waals surface area (Å²) < 4.78 is 0. The van der Waals surface area contributed by atoms with Gasteiger partial charge in [-0.1, -0.05) is 13.8 Å². The van der Waals surface area contributed by atoms with Crippen molar-refractivity contribution in [2.24, 2.45) is 5.92 Å². The predicted octanol–water partition coefficient (Wildman–Crippen LogP) is -0.173. The molecule has 0 radical (unpaired) electrons. The van der Waals surface area contributed by atoms with E-state index in [1.165, 1.54) is 0 Å². The molecule has 0 aliphatic heterocycles. The van der Waals surface area contributed by atoms with E-state index in [9.17, 15) is 19.5 Å². The molecule has 4 N–H and O–H groups in total. The van der Waals surface area contributed by atoms with Gasteiger partial charge in [0.2, 0.25) is 5.91 Å². The normalized spacial score (nSPS) is 12.4. The van der Waals surface area contributed by atoms with E-state index in [-0.39, 0.29) is 31.4 Å². The van der Waals surface area contributed by atoms with Crippen LogP contribution in [0.15, 0.2) is 9.59 Å². The molecular weight excluding hydrogens is 274 g/mol. The third-order valence-electron chi connectivity index (χ3n) is 3.20. The highest BCUT2D eigenvalue weighted by Crippen LogP contribution is 2.05. The third-order valence-corrected chi connectivity index (χ3v) is 3.20. The number of carbonyl (C=O) groups is 1. The number of rotatable bonds is 7. The Morgan fingerprint density at radius 3 is 2.48 bits per heavy atom. The van der Waals surface area contributed by atoms with Gasteiger partial charge in [0.05, 0.1) is 12.6 Å². The fraction of sp³-hybridized carbons (Fsp3) is 0.643. The number of H-pyrrole nitrogens is 2. The first-order valence-corrected chi connectivity index (χ1v) is 7.05. The lowest BCUT2D eigenvalue weighted by Gasteiger charge is -2.18. The van der Waals surface area contributed by atoms with E-state index in [0.29, 0.717) is 23.6 Å². The first-order chi connectivity index (χ1) is 9.83. The lowest BCUT2D eigenvalue weighted by Crippen LogP contribution is -2.38. The Morgan fingerprint density at radius 2 is 1.95 bits per heavy atom. The summed E-state index contributed by atoms with van der Waals surface area (Å²) in [6.45, 7) is 5.54. The van der Waals surface area contributed by atoms with Crippen molar-refractivity contribution in [1.82, 2.24) is 15.3 Å². The topological polar surface area (TPSA) is 115 Å². The molecule has 1 unspecified atom stereocenters. The molecule has 118 valence electrons. The molecule has 0 saturated heterocycles. The van der Waals surface area contributed by atoms with Gasteiger partial charge in [0.25, 0.3) is 5.56 Å². The summed E-state index contributed by atoms with van der Waals surface area (Å²) in [5.74, 6) is 0.145. The molecule has 1 amide bonds. The number of nitrogens with one attached hydrogen (secondary N) is 3. The Labute approximate surface area is 122 Å². The molecule has 1 rings (SSSR count). The Balaban J connectivity index is 2.61. The van der Waals surface area contributed by atoms with Crippen molar-refractivity contribution in [2.75, 3.05) is 6.61 Å². The van der Waals surface area contributed by atoms with E-state index >= 15 is 0 Å². The molecule has 0 aliphatic carbocycles. The highest BCUT2D eigenvalue weighted by atomic mass is 16.3. The van der Waals surface area contributed by atoms with Gasteiger partial charge in [-0.05, 0) is 25.7 Å². The quantitative estimate of drug-likeness (QED) is 0.559. The summed E-state index contributed by atoms with van der Waals surface area (Å²) in [6.07, 6.45) is 1.06. The highest BCUT2D eigenvalue weighted by Gasteiger charge is 2.14. The summed E-state index contributed by atoms with van der Waals surface area (Å²) in [5, 5.41) is 12.0. The highest BCUT2D eigenvalue weighted by molar-refractivity contribution is 5.76. The smallest absolute Gasteiger partial charge is 0.325 e. The number of amides is 1. The van der Waals surface area contributed by atoms with E-state index in [0.717, 1.165) is 0 Å².